The van der Waals surface area contributed by atoms with Gasteiger partial charge in [0, 0.05) is 25.6 Å². The molecule has 13 nitrogen and oxygen atoms in total. The Morgan fingerprint density at radius 2 is 1.23 bits per heavy atom. The monoisotopic (exact) mass is 1260 g/mol. The number of hydrogen-bond acceptors (Lipinski definition) is 11. The van der Waals surface area contributed by atoms with Crippen LogP contribution in [0.25, 0.3) is 0 Å². The minimum Gasteiger partial charge on any atom is -0.381 e. The van der Waals surface area contributed by atoms with E-state index in [0.29, 0.717) is 57.9 Å². The zero-order valence-corrected chi connectivity index (χ0v) is 55.7. The lowest BCUT2D eigenvalue weighted by Crippen LogP contribution is -2.58. The van der Waals surface area contributed by atoms with E-state index in [4.69, 9.17) is 20.9 Å². The molecule has 6 N–H and O–H groups in total. The van der Waals surface area contributed by atoms with Crippen molar-refractivity contribution in [3.05, 3.63) is 60.2 Å². The normalized spacial score (nSPS) is 23.2. The minimum absolute atomic E-state index is 0. The van der Waals surface area contributed by atoms with E-state index < -0.39 is 35.6 Å². The molecule has 0 bridgehead atoms. The molecule has 4 heterocycles. The Labute approximate surface area is 522 Å². The SMILES string of the molecule is C=C/C(=C\C)[C@@H](COCCCCCCCCCCOC[C@@H](NC(=O)[C@H]1N2C(=O)[C@@H](NC(=O)[C@H](C)N)CCS[C@H]2CC1(C)C)c1ccccc1)CC(=O)[C@H]1N2C(=O)[C@@H](N)CCS[C@H]2CC1(C)C.S.S.S.S.S.S.S.S.S. The van der Waals surface area contributed by atoms with Crippen LogP contribution in [0.1, 0.15) is 137 Å². The average Bonchev–Trinajstić information content (AvgIpc) is 3.60. The summed E-state index contributed by atoms with van der Waals surface area (Å²) in [4.78, 5) is 71.6. The molecule has 440 valence electrons. The van der Waals surface area contributed by atoms with Gasteiger partial charge in [0.1, 0.15) is 12.1 Å². The Balaban J connectivity index is -0.00000181. The van der Waals surface area contributed by atoms with Gasteiger partial charge in [0.15, 0.2) is 5.78 Å². The molecule has 0 spiro atoms. The van der Waals surface area contributed by atoms with Crippen molar-refractivity contribution in [3.8, 4) is 0 Å². The molecular weight excluding hydrogens is 1160 g/mol. The van der Waals surface area contributed by atoms with E-state index >= 15 is 0 Å². The van der Waals surface area contributed by atoms with Gasteiger partial charge < -0.3 is 41.4 Å². The number of benzene rings is 1. The Hall–Kier alpha value is -0.0600. The Morgan fingerprint density at radius 3 is 1.73 bits per heavy atom. The van der Waals surface area contributed by atoms with Gasteiger partial charge in [0.2, 0.25) is 23.6 Å². The first-order valence-electron chi connectivity index (χ1n) is 24.5. The summed E-state index contributed by atoms with van der Waals surface area (Å²) >= 11 is 3.41. The second-order valence-corrected chi connectivity index (χ2v) is 22.7. The third-order valence-corrected chi connectivity index (χ3v) is 16.4. The van der Waals surface area contributed by atoms with Crippen LogP contribution in [0.15, 0.2) is 54.6 Å². The van der Waals surface area contributed by atoms with Gasteiger partial charge in [-0.2, -0.15) is 121 Å². The Bertz CT molecular complexity index is 1860. The largest absolute Gasteiger partial charge is 0.381 e. The van der Waals surface area contributed by atoms with Crippen LogP contribution in [0.4, 0.5) is 0 Å². The molecule has 4 saturated heterocycles. The first kappa shape index (κ1) is 83.8. The van der Waals surface area contributed by atoms with Gasteiger partial charge in [0.25, 0.3) is 0 Å². The fourth-order valence-electron chi connectivity index (χ4n) is 10.2. The number of amides is 4. The highest BCUT2D eigenvalue weighted by Crippen LogP contribution is 2.48. The number of ether oxygens (including phenoxy) is 2. The molecule has 1 aromatic rings. The number of thioether (sulfide) groups is 2. The second-order valence-electron chi connectivity index (χ2n) is 20.2. The molecule has 9 atom stereocenters. The van der Waals surface area contributed by atoms with Crippen molar-refractivity contribution >= 4 is 174 Å². The van der Waals surface area contributed by atoms with E-state index in [-0.39, 0.29) is 179 Å². The maximum Gasteiger partial charge on any atom is 0.246 e. The summed E-state index contributed by atoms with van der Waals surface area (Å²) in [7, 11) is 0. The van der Waals surface area contributed by atoms with E-state index in [9.17, 15) is 24.0 Å². The maximum atomic E-state index is 14.2. The first-order chi connectivity index (χ1) is 31.5. The molecular formula is C51H98N6O7S11. The predicted molar refractivity (Wildman–Crippen MR) is 360 cm³/mol. The number of carbonyl (C=O) groups excluding carboxylic acids is 5. The van der Waals surface area contributed by atoms with Gasteiger partial charge in [-0.05, 0) is 85.8 Å². The molecule has 4 aliphatic rings. The van der Waals surface area contributed by atoms with Crippen molar-refractivity contribution in [3.63, 3.8) is 0 Å². The number of nitrogens with zero attached hydrogens (tertiary/aromatic N) is 2. The topological polar surface area (TPSA) is 186 Å². The van der Waals surface area contributed by atoms with Crippen molar-refractivity contribution in [2.24, 2.45) is 28.2 Å². The summed E-state index contributed by atoms with van der Waals surface area (Å²) in [5, 5.41) is 5.92. The number of hydrogen-bond donors (Lipinski definition) is 4. The number of nitrogens with two attached hydrogens (primary N) is 2. The van der Waals surface area contributed by atoms with Gasteiger partial charge >= 0.3 is 0 Å². The summed E-state index contributed by atoms with van der Waals surface area (Å²) in [6.45, 7) is 17.8. The van der Waals surface area contributed by atoms with Crippen LogP contribution in [0, 0.1) is 16.7 Å². The van der Waals surface area contributed by atoms with Gasteiger partial charge in [0.05, 0.1) is 48.1 Å². The van der Waals surface area contributed by atoms with Crippen molar-refractivity contribution < 1.29 is 33.4 Å². The van der Waals surface area contributed by atoms with E-state index in [1.165, 1.54) is 0 Å². The van der Waals surface area contributed by atoms with Crippen LogP contribution in [0.3, 0.4) is 0 Å². The van der Waals surface area contributed by atoms with E-state index in [1.807, 2.05) is 68.2 Å². The highest BCUT2D eigenvalue weighted by molar-refractivity contribution is 8.00. The van der Waals surface area contributed by atoms with Crippen LogP contribution in [0.2, 0.25) is 0 Å². The minimum atomic E-state index is -0.736. The predicted octanol–water partition coefficient (Wildman–Crippen LogP) is 8.06. The van der Waals surface area contributed by atoms with Gasteiger partial charge in [-0.1, -0.05) is 115 Å². The summed E-state index contributed by atoms with van der Waals surface area (Å²) in [5.41, 5.74) is 13.2. The molecule has 75 heavy (non-hydrogen) atoms. The molecule has 0 aliphatic carbocycles. The van der Waals surface area contributed by atoms with Crippen molar-refractivity contribution in [1.82, 2.24) is 20.4 Å². The van der Waals surface area contributed by atoms with Crippen LogP contribution >= 0.6 is 145 Å². The fourth-order valence-corrected chi connectivity index (χ4v) is 13.4. The van der Waals surface area contributed by atoms with Gasteiger partial charge in [-0.15, -0.1) is 23.5 Å². The molecule has 5 rings (SSSR count). The lowest BCUT2D eigenvalue weighted by atomic mass is 9.79. The lowest BCUT2D eigenvalue weighted by molar-refractivity contribution is -0.144. The van der Waals surface area contributed by atoms with Crippen molar-refractivity contribution in [2.45, 2.75) is 172 Å². The van der Waals surface area contributed by atoms with Crippen LogP contribution in [0.5, 0.6) is 0 Å². The molecule has 24 heteroatoms. The molecule has 0 aromatic heterocycles. The lowest BCUT2D eigenvalue weighted by Gasteiger charge is -2.35. The number of fused-ring (bicyclic) bond motifs is 2. The zero-order chi connectivity index (χ0) is 48.0. The molecule has 0 radical (unpaired) electrons. The highest BCUT2D eigenvalue weighted by atomic mass is 32.2. The van der Waals surface area contributed by atoms with E-state index in [2.05, 4.69) is 31.1 Å². The third-order valence-electron chi connectivity index (χ3n) is 13.9. The van der Waals surface area contributed by atoms with E-state index in [1.54, 1.807) is 35.3 Å². The van der Waals surface area contributed by atoms with Crippen LogP contribution in [-0.2, 0) is 33.4 Å². The summed E-state index contributed by atoms with van der Waals surface area (Å²) < 4.78 is 12.4. The first-order valence-corrected chi connectivity index (χ1v) is 26.6. The van der Waals surface area contributed by atoms with E-state index in [0.717, 1.165) is 74.7 Å². The standard InChI is InChI=1S/C51H80N6O7S2.9H2S/c1-8-35(9-2)37(29-41(58)44-50(4,5)30-42-56(44)48(61)38(53)23-27-65-42)32-63-25-19-14-12-10-11-13-15-20-26-64-33-40(36-21-17-16-18-22-36)55-47(60)45-51(6,7)31-43-57(45)49(62)39(24-28-66-43)54-46(59)34(3)52;;;;;;;;;/h8-9,16-18,21-22,34,37-40,42-45H,1,10-15,19-20,23-33,52-53H2,2-7H3,(H,54,59)(H,55,60);9*1H2/b35-9+;;;;;;;;;/t34-,37+,38-,39-,40+,42-,43-,44+,45+;;;;;;;;;/m0........./s1. The summed E-state index contributed by atoms with van der Waals surface area (Å²) in [5.74, 6) is 0.549. The van der Waals surface area contributed by atoms with Gasteiger partial charge in [-0.25, -0.2) is 0 Å². The number of nitrogens with one attached hydrogen (secondary N) is 2. The average molecular weight is 1260 g/mol. The summed E-state index contributed by atoms with van der Waals surface area (Å²) in [6, 6.07) is 6.23. The van der Waals surface area contributed by atoms with Crippen molar-refractivity contribution in [2.75, 3.05) is 37.9 Å². The van der Waals surface area contributed by atoms with Gasteiger partial charge in [-0.3, -0.25) is 24.0 Å². The molecule has 0 unspecified atom stereocenters. The summed E-state index contributed by atoms with van der Waals surface area (Å²) in [6.07, 6.45) is 15.3. The van der Waals surface area contributed by atoms with Crippen LogP contribution < -0.4 is 22.1 Å². The quantitative estimate of drug-likeness (QED) is 0.0548. The number of carbonyl (C=O) groups is 5. The number of ketones is 1. The third kappa shape index (κ3) is 23.7. The smallest absolute Gasteiger partial charge is 0.246 e. The highest BCUT2D eigenvalue weighted by Gasteiger charge is 2.55. The maximum absolute atomic E-state index is 14.2. The molecule has 4 aliphatic heterocycles. The Morgan fingerprint density at radius 1 is 0.747 bits per heavy atom. The number of Topliss-reactive ketones (excluding diaryl/α,β-unsaturated/α-hetero) is 1. The molecule has 1 aromatic carbocycles. The van der Waals surface area contributed by atoms with Crippen LogP contribution in [-0.4, -0.2) is 118 Å². The number of allylic oxidation sites excluding steroid dienone is 2. The Kier molecular flexibility index (Phi) is 45.8. The number of rotatable bonds is 25. The van der Waals surface area contributed by atoms with Crippen molar-refractivity contribution in [1.29, 1.82) is 0 Å². The molecule has 4 amide bonds. The molecule has 0 saturated carbocycles. The zero-order valence-electron chi connectivity index (χ0n) is 45.1. The fraction of sp³-hybridized carbons (Fsp3) is 0.706. The number of unbranched alkanes of at least 4 members (excludes halogenated alkanes) is 7. The second kappa shape index (κ2) is 41.0. The molecule has 4 fully saturated rings.